The van der Waals surface area contributed by atoms with E-state index in [1.165, 1.54) is 32.1 Å². The van der Waals surface area contributed by atoms with E-state index >= 15 is 0 Å². The molecular weight excluding hydrogens is 388 g/mol. The average molecular weight is 417 g/mol. The minimum atomic E-state index is 0.647. The van der Waals surface area contributed by atoms with Crippen LogP contribution in [0.25, 0.3) is 16.6 Å². The van der Waals surface area contributed by atoms with Gasteiger partial charge in [0, 0.05) is 36.3 Å². The molecule has 0 atom stereocenters. The number of likely N-dealkylation sites (tertiary alicyclic amines) is 1. The third kappa shape index (κ3) is 5.61. The van der Waals surface area contributed by atoms with Crippen LogP contribution in [0, 0.1) is 12.3 Å². The average Bonchev–Trinajstić information content (AvgIpc) is 3.29. The maximum Gasteiger partial charge on any atom is 0.154 e. The quantitative estimate of drug-likeness (QED) is 0.362. The smallest absolute Gasteiger partial charge is 0.154 e. The van der Waals surface area contributed by atoms with Gasteiger partial charge in [-0.1, -0.05) is 0 Å². The first-order valence-corrected chi connectivity index (χ1v) is 10.7. The summed E-state index contributed by atoms with van der Waals surface area (Å²) < 4.78 is 0. The van der Waals surface area contributed by atoms with E-state index in [0.29, 0.717) is 11.6 Å². The minimum Gasteiger partial charge on any atom is -0.390 e. The Bertz CT molecular complexity index is 1070. The van der Waals surface area contributed by atoms with E-state index in [4.69, 9.17) is 5.41 Å². The van der Waals surface area contributed by atoms with Crippen LogP contribution >= 0.6 is 0 Å². The van der Waals surface area contributed by atoms with Crippen LogP contribution in [0.5, 0.6) is 0 Å². The van der Waals surface area contributed by atoms with Gasteiger partial charge in [0.25, 0.3) is 0 Å². The maximum absolute atomic E-state index is 7.82. The van der Waals surface area contributed by atoms with Crippen LogP contribution in [0.4, 0.5) is 11.6 Å². The molecule has 0 spiro atoms. The summed E-state index contributed by atoms with van der Waals surface area (Å²) in [5, 5.41) is 22.4. The zero-order valence-electron chi connectivity index (χ0n) is 17.8. The van der Waals surface area contributed by atoms with Gasteiger partial charge in [0.2, 0.25) is 0 Å². The van der Waals surface area contributed by atoms with Crippen molar-refractivity contribution in [2.75, 3.05) is 31.5 Å². The molecule has 3 aromatic heterocycles. The molecule has 160 valence electrons. The molecule has 8 heteroatoms. The molecule has 3 N–H and O–H groups in total. The van der Waals surface area contributed by atoms with E-state index in [1.807, 2.05) is 37.4 Å². The van der Waals surface area contributed by atoms with Crippen LogP contribution in [-0.4, -0.2) is 57.5 Å². The van der Waals surface area contributed by atoms with Crippen molar-refractivity contribution >= 4 is 34.5 Å². The van der Waals surface area contributed by atoms with Crippen LogP contribution < -0.4 is 10.6 Å². The Hall–Kier alpha value is -3.39. The Labute approximate surface area is 182 Å². The second-order valence-corrected chi connectivity index (χ2v) is 7.80. The molecule has 1 aliphatic rings. The lowest BCUT2D eigenvalue weighted by molar-refractivity contribution is 0.333. The van der Waals surface area contributed by atoms with Gasteiger partial charge in [0.05, 0.1) is 17.2 Å². The van der Waals surface area contributed by atoms with Gasteiger partial charge in [-0.25, -0.2) is 4.98 Å². The van der Waals surface area contributed by atoms with Gasteiger partial charge in [0.1, 0.15) is 5.82 Å². The van der Waals surface area contributed by atoms with Crippen molar-refractivity contribution < 1.29 is 0 Å². The first-order valence-electron chi connectivity index (χ1n) is 10.7. The van der Waals surface area contributed by atoms with Gasteiger partial charge < -0.3 is 20.9 Å². The van der Waals surface area contributed by atoms with Gasteiger partial charge in [-0.15, -0.1) is 5.10 Å². The predicted octanol–water partition coefficient (Wildman–Crippen LogP) is 3.54. The summed E-state index contributed by atoms with van der Waals surface area (Å²) in [6.07, 6.45) is 10.5. The number of hydrogen-bond acceptors (Lipinski definition) is 8. The Balaban J connectivity index is 1.43. The summed E-state index contributed by atoms with van der Waals surface area (Å²) in [4.78, 5) is 11.7. The van der Waals surface area contributed by atoms with Crippen LogP contribution in [-0.2, 0) is 0 Å². The molecule has 0 aromatic carbocycles. The zero-order valence-corrected chi connectivity index (χ0v) is 17.8. The van der Waals surface area contributed by atoms with Crippen molar-refractivity contribution in [3.05, 3.63) is 54.0 Å². The fraction of sp³-hybridized carbons (Fsp3) is 0.348. The van der Waals surface area contributed by atoms with Crippen LogP contribution in [0.15, 0.2) is 42.9 Å². The fourth-order valence-electron chi connectivity index (χ4n) is 3.69. The van der Waals surface area contributed by atoms with Gasteiger partial charge in [-0.05, 0) is 75.6 Å². The van der Waals surface area contributed by atoms with Crippen LogP contribution in [0.2, 0.25) is 0 Å². The largest absolute Gasteiger partial charge is 0.390 e. The number of hydrogen-bond donors (Lipinski definition) is 3. The molecule has 1 saturated heterocycles. The number of fused-ring (bicyclic) bond motifs is 1. The number of anilines is 2. The molecule has 4 rings (SSSR count). The van der Waals surface area contributed by atoms with Crippen LogP contribution in [0.1, 0.15) is 30.4 Å². The third-order valence-corrected chi connectivity index (χ3v) is 5.33. The van der Waals surface area contributed by atoms with Gasteiger partial charge in [-0.2, -0.15) is 5.10 Å². The first-order chi connectivity index (χ1) is 15.2. The summed E-state index contributed by atoms with van der Waals surface area (Å²) in [5.74, 6) is 1.32. The Morgan fingerprint density at radius 2 is 2.00 bits per heavy atom. The zero-order chi connectivity index (χ0) is 21.5. The molecule has 3 aromatic rings. The molecule has 0 amide bonds. The lowest BCUT2D eigenvalue weighted by atomic mass is 10.1. The third-order valence-electron chi connectivity index (χ3n) is 5.33. The van der Waals surface area contributed by atoms with Crippen molar-refractivity contribution in [3.63, 3.8) is 0 Å². The van der Waals surface area contributed by atoms with E-state index in [9.17, 15) is 0 Å². The first kappa shape index (κ1) is 20.9. The topological polar surface area (TPSA) is 103 Å². The van der Waals surface area contributed by atoms with Gasteiger partial charge >= 0.3 is 0 Å². The molecular formula is C23H28N8. The molecule has 1 fully saturated rings. The highest BCUT2D eigenvalue weighted by Crippen LogP contribution is 2.20. The standard InChI is InChI=1S/C23H28N8/c1-17-11-23(30-27-14-17)29-22-6-5-20-21(28-22)12-18(16-26-20)19(13-24)15-25-7-4-10-31-8-2-3-9-31/h5-6,11-16,24-25H,2-4,7-10H2,1H3,(H,28,29,30)/b19-15+,24-13?. The molecule has 0 unspecified atom stereocenters. The molecule has 0 radical (unpaired) electrons. The number of aromatic nitrogens is 4. The number of rotatable bonds is 9. The highest BCUT2D eigenvalue weighted by molar-refractivity contribution is 6.08. The maximum atomic E-state index is 7.82. The van der Waals surface area contributed by atoms with Crippen molar-refractivity contribution in [1.29, 1.82) is 5.41 Å². The predicted molar refractivity (Wildman–Crippen MR) is 125 cm³/mol. The van der Waals surface area contributed by atoms with E-state index in [-0.39, 0.29) is 0 Å². The molecule has 0 bridgehead atoms. The number of aryl methyl sites for hydroxylation is 1. The van der Waals surface area contributed by atoms with Crippen molar-refractivity contribution in [2.45, 2.75) is 26.2 Å². The SMILES string of the molecule is Cc1cnnc(Nc2ccc3ncc(/C(C=N)=C/NCCCN4CCCC4)cc3n2)c1. The Kier molecular flexibility index (Phi) is 6.78. The second kappa shape index (κ2) is 10.1. The van der Waals surface area contributed by atoms with Crippen molar-refractivity contribution in [1.82, 2.24) is 30.4 Å². The highest BCUT2D eigenvalue weighted by Gasteiger charge is 2.10. The lowest BCUT2D eigenvalue weighted by Gasteiger charge is -2.14. The molecule has 0 saturated carbocycles. The van der Waals surface area contributed by atoms with Crippen molar-refractivity contribution in [3.8, 4) is 0 Å². The fourth-order valence-corrected chi connectivity index (χ4v) is 3.69. The van der Waals surface area contributed by atoms with E-state index in [0.717, 1.165) is 47.2 Å². The Morgan fingerprint density at radius 1 is 1.13 bits per heavy atom. The van der Waals surface area contributed by atoms with Crippen LogP contribution in [0.3, 0.4) is 0 Å². The molecule has 31 heavy (non-hydrogen) atoms. The summed E-state index contributed by atoms with van der Waals surface area (Å²) in [6, 6.07) is 7.66. The van der Waals surface area contributed by atoms with Gasteiger partial charge in [0.15, 0.2) is 5.82 Å². The highest BCUT2D eigenvalue weighted by atomic mass is 15.2. The van der Waals surface area contributed by atoms with Gasteiger partial charge in [-0.3, -0.25) is 4.98 Å². The van der Waals surface area contributed by atoms with Crippen molar-refractivity contribution in [2.24, 2.45) is 0 Å². The van der Waals surface area contributed by atoms with E-state index < -0.39 is 0 Å². The number of allylic oxidation sites excluding steroid dienone is 1. The monoisotopic (exact) mass is 416 g/mol. The minimum absolute atomic E-state index is 0.647. The van der Waals surface area contributed by atoms with E-state index in [2.05, 4.69) is 35.7 Å². The Morgan fingerprint density at radius 3 is 2.81 bits per heavy atom. The molecule has 1 aliphatic heterocycles. The molecule has 8 nitrogen and oxygen atoms in total. The number of pyridine rings is 2. The van der Waals surface area contributed by atoms with E-state index in [1.54, 1.807) is 12.4 Å². The molecule has 4 heterocycles. The number of nitrogens with one attached hydrogen (secondary N) is 3. The lowest BCUT2D eigenvalue weighted by Crippen LogP contribution is -2.23. The normalized spacial score (nSPS) is 14.7. The number of nitrogens with zero attached hydrogens (tertiary/aromatic N) is 5. The summed E-state index contributed by atoms with van der Waals surface area (Å²) in [5.41, 5.74) is 4.21. The summed E-state index contributed by atoms with van der Waals surface area (Å²) >= 11 is 0. The summed E-state index contributed by atoms with van der Waals surface area (Å²) in [6.45, 7) is 6.44. The molecule has 0 aliphatic carbocycles. The second-order valence-electron chi connectivity index (χ2n) is 7.80. The summed E-state index contributed by atoms with van der Waals surface area (Å²) in [7, 11) is 0.